The van der Waals surface area contributed by atoms with Crippen LogP contribution in [0.4, 0.5) is 5.69 Å². The number of rotatable bonds is 6. The SMILES string of the molecule is Cc1cccc(NC(=O)CCCC[n+]2ccccc2)c1.[Br-]. The van der Waals surface area contributed by atoms with Gasteiger partial charge in [-0.05, 0) is 31.0 Å². The van der Waals surface area contributed by atoms with Crippen LogP contribution in [0.2, 0.25) is 0 Å². The number of nitrogens with one attached hydrogen (secondary N) is 1. The van der Waals surface area contributed by atoms with Gasteiger partial charge in [0.1, 0.15) is 6.54 Å². The molecule has 1 amide bonds. The van der Waals surface area contributed by atoms with E-state index < -0.39 is 0 Å². The van der Waals surface area contributed by atoms with Gasteiger partial charge < -0.3 is 22.3 Å². The van der Waals surface area contributed by atoms with E-state index in [1.165, 1.54) is 0 Å². The van der Waals surface area contributed by atoms with E-state index in [1.54, 1.807) is 0 Å². The summed E-state index contributed by atoms with van der Waals surface area (Å²) in [6.45, 7) is 2.98. The first-order valence-electron chi connectivity index (χ1n) is 7.05. The Labute approximate surface area is 136 Å². The predicted molar refractivity (Wildman–Crippen MR) is 80.3 cm³/mol. The van der Waals surface area contributed by atoms with Crippen molar-refractivity contribution in [3.05, 3.63) is 60.4 Å². The van der Waals surface area contributed by atoms with Gasteiger partial charge in [-0.15, -0.1) is 0 Å². The lowest BCUT2D eigenvalue weighted by atomic mass is 10.2. The second kappa shape index (κ2) is 9.29. The minimum absolute atomic E-state index is 0. The number of unbranched alkanes of at least 4 members (excludes halogenated alkanes) is 1. The standard InChI is InChI=1S/C17H20N2O.BrH/c1-15-8-7-9-16(14-15)18-17(20)10-3-6-13-19-11-4-2-5-12-19;/h2,4-5,7-9,11-12,14H,3,6,10,13H2,1H3;1H. The lowest BCUT2D eigenvalue weighted by Crippen LogP contribution is -3.00. The number of pyridine rings is 1. The molecular formula is C17H21BrN2O. The maximum Gasteiger partial charge on any atom is 0.224 e. The van der Waals surface area contributed by atoms with Gasteiger partial charge >= 0.3 is 0 Å². The molecule has 3 nitrogen and oxygen atoms in total. The van der Waals surface area contributed by atoms with E-state index in [9.17, 15) is 4.79 Å². The molecule has 0 aliphatic rings. The molecule has 0 radical (unpaired) electrons. The Morgan fingerprint density at radius 2 is 1.86 bits per heavy atom. The van der Waals surface area contributed by atoms with Gasteiger partial charge in [0.2, 0.25) is 5.91 Å². The molecular weight excluding hydrogens is 328 g/mol. The van der Waals surface area contributed by atoms with Gasteiger partial charge in [0.25, 0.3) is 0 Å². The first-order chi connectivity index (χ1) is 9.74. The van der Waals surface area contributed by atoms with Gasteiger partial charge in [-0.2, -0.15) is 0 Å². The molecule has 1 aromatic carbocycles. The van der Waals surface area contributed by atoms with E-state index in [0.29, 0.717) is 6.42 Å². The molecule has 0 saturated carbocycles. The highest BCUT2D eigenvalue weighted by molar-refractivity contribution is 5.90. The molecule has 0 bridgehead atoms. The number of nitrogens with zero attached hydrogens (tertiary/aromatic N) is 1. The van der Waals surface area contributed by atoms with Crippen molar-refractivity contribution >= 4 is 11.6 Å². The van der Waals surface area contributed by atoms with Gasteiger partial charge in [-0.3, -0.25) is 4.79 Å². The summed E-state index contributed by atoms with van der Waals surface area (Å²) < 4.78 is 2.14. The third kappa shape index (κ3) is 6.54. The molecule has 112 valence electrons. The fraction of sp³-hybridized carbons (Fsp3) is 0.294. The second-order valence-electron chi connectivity index (χ2n) is 4.99. The Morgan fingerprint density at radius 3 is 2.57 bits per heavy atom. The summed E-state index contributed by atoms with van der Waals surface area (Å²) in [5, 5.41) is 2.94. The molecule has 21 heavy (non-hydrogen) atoms. The van der Waals surface area contributed by atoms with E-state index in [2.05, 4.69) is 9.88 Å². The van der Waals surface area contributed by atoms with Crippen molar-refractivity contribution in [3.63, 3.8) is 0 Å². The quantitative estimate of drug-likeness (QED) is 0.582. The van der Waals surface area contributed by atoms with Gasteiger partial charge in [0, 0.05) is 30.7 Å². The molecule has 2 aromatic rings. The number of hydrogen-bond donors (Lipinski definition) is 1. The molecule has 1 aromatic heterocycles. The minimum Gasteiger partial charge on any atom is -1.00 e. The molecule has 0 saturated heterocycles. The largest absolute Gasteiger partial charge is 1.00 e. The first-order valence-corrected chi connectivity index (χ1v) is 7.05. The molecule has 0 aliphatic heterocycles. The monoisotopic (exact) mass is 348 g/mol. The van der Waals surface area contributed by atoms with E-state index in [0.717, 1.165) is 30.6 Å². The molecule has 0 fully saturated rings. The van der Waals surface area contributed by atoms with Crippen LogP contribution in [-0.4, -0.2) is 5.91 Å². The summed E-state index contributed by atoms with van der Waals surface area (Å²) in [7, 11) is 0. The van der Waals surface area contributed by atoms with Crippen LogP contribution in [0.15, 0.2) is 54.9 Å². The number of hydrogen-bond acceptors (Lipinski definition) is 1. The second-order valence-corrected chi connectivity index (χ2v) is 4.99. The topological polar surface area (TPSA) is 33.0 Å². The van der Waals surface area contributed by atoms with Crippen molar-refractivity contribution in [2.45, 2.75) is 32.7 Å². The Bertz CT molecular complexity index is 558. The molecule has 0 atom stereocenters. The summed E-state index contributed by atoms with van der Waals surface area (Å²) in [5.41, 5.74) is 2.04. The Kier molecular flexibility index (Phi) is 7.69. The van der Waals surface area contributed by atoms with Crippen molar-refractivity contribution in [2.24, 2.45) is 0 Å². The number of amides is 1. The lowest BCUT2D eigenvalue weighted by Gasteiger charge is -2.05. The number of anilines is 1. The molecule has 1 heterocycles. The zero-order valence-corrected chi connectivity index (χ0v) is 13.8. The van der Waals surface area contributed by atoms with E-state index >= 15 is 0 Å². The van der Waals surface area contributed by atoms with E-state index in [-0.39, 0.29) is 22.9 Å². The molecule has 0 spiro atoms. The minimum atomic E-state index is 0. The highest BCUT2D eigenvalue weighted by Crippen LogP contribution is 2.10. The highest BCUT2D eigenvalue weighted by atomic mass is 79.9. The Balaban J connectivity index is 0.00000220. The molecule has 2 rings (SSSR count). The summed E-state index contributed by atoms with van der Waals surface area (Å²) in [6.07, 6.45) is 6.58. The fourth-order valence-corrected chi connectivity index (χ4v) is 2.11. The summed E-state index contributed by atoms with van der Waals surface area (Å²) in [4.78, 5) is 11.8. The van der Waals surface area contributed by atoms with Crippen LogP contribution in [0, 0.1) is 6.92 Å². The summed E-state index contributed by atoms with van der Waals surface area (Å²) >= 11 is 0. The number of carbonyl (C=O) groups is 1. The van der Waals surface area contributed by atoms with Gasteiger partial charge in [-0.1, -0.05) is 18.2 Å². The summed E-state index contributed by atoms with van der Waals surface area (Å²) in [5.74, 6) is 0.0914. The van der Waals surface area contributed by atoms with Crippen LogP contribution in [-0.2, 0) is 11.3 Å². The highest BCUT2D eigenvalue weighted by Gasteiger charge is 2.04. The number of halogens is 1. The van der Waals surface area contributed by atoms with Crippen LogP contribution >= 0.6 is 0 Å². The average Bonchev–Trinajstić information content (AvgIpc) is 2.45. The Morgan fingerprint density at radius 1 is 1.10 bits per heavy atom. The Hall–Kier alpha value is -1.68. The maximum absolute atomic E-state index is 11.8. The number of aryl methyl sites for hydroxylation is 2. The summed E-state index contributed by atoms with van der Waals surface area (Å²) in [6, 6.07) is 13.9. The van der Waals surface area contributed by atoms with Crippen LogP contribution in [0.25, 0.3) is 0 Å². The number of benzene rings is 1. The van der Waals surface area contributed by atoms with Crippen molar-refractivity contribution in [1.82, 2.24) is 0 Å². The zero-order chi connectivity index (χ0) is 14.2. The molecule has 0 aliphatic carbocycles. The zero-order valence-electron chi connectivity index (χ0n) is 12.3. The van der Waals surface area contributed by atoms with Crippen LogP contribution < -0.4 is 26.9 Å². The third-order valence-electron chi connectivity index (χ3n) is 3.15. The van der Waals surface area contributed by atoms with Crippen molar-refractivity contribution < 1.29 is 26.3 Å². The smallest absolute Gasteiger partial charge is 0.224 e. The van der Waals surface area contributed by atoms with Crippen LogP contribution in [0.5, 0.6) is 0 Å². The number of aromatic nitrogens is 1. The van der Waals surface area contributed by atoms with Crippen LogP contribution in [0.3, 0.4) is 0 Å². The van der Waals surface area contributed by atoms with E-state index in [4.69, 9.17) is 0 Å². The first kappa shape index (κ1) is 17.4. The van der Waals surface area contributed by atoms with Gasteiger partial charge in [0.15, 0.2) is 12.4 Å². The molecule has 0 unspecified atom stereocenters. The van der Waals surface area contributed by atoms with E-state index in [1.807, 2.05) is 61.8 Å². The van der Waals surface area contributed by atoms with Crippen LogP contribution in [0.1, 0.15) is 24.8 Å². The molecule has 1 N–H and O–H groups in total. The predicted octanol–water partition coefficient (Wildman–Crippen LogP) is 0.0955. The lowest BCUT2D eigenvalue weighted by molar-refractivity contribution is -0.697. The molecule has 4 heteroatoms. The van der Waals surface area contributed by atoms with Crippen molar-refractivity contribution in [1.29, 1.82) is 0 Å². The van der Waals surface area contributed by atoms with Crippen molar-refractivity contribution in [2.75, 3.05) is 5.32 Å². The number of carbonyl (C=O) groups excluding carboxylic acids is 1. The van der Waals surface area contributed by atoms with Gasteiger partial charge in [-0.25, -0.2) is 4.57 Å². The maximum atomic E-state index is 11.8. The van der Waals surface area contributed by atoms with Crippen molar-refractivity contribution in [3.8, 4) is 0 Å². The average molecular weight is 349 g/mol. The fourth-order valence-electron chi connectivity index (χ4n) is 2.11. The third-order valence-corrected chi connectivity index (χ3v) is 3.15. The van der Waals surface area contributed by atoms with Gasteiger partial charge in [0.05, 0.1) is 0 Å². The normalized spacial score (nSPS) is 9.76.